The Hall–Kier alpha value is -1.20. The molecule has 1 aliphatic carbocycles. The van der Waals surface area contributed by atoms with E-state index in [4.69, 9.17) is 16.3 Å². The topological polar surface area (TPSA) is 72.8 Å². The molecule has 0 atom stereocenters. The Balaban J connectivity index is 1.99. The number of hydrogen-bond acceptors (Lipinski definition) is 5. The number of benzene rings is 1. The van der Waals surface area contributed by atoms with Crippen molar-refractivity contribution >= 4 is 27.5 Å². The third-order valence-corrected chi connectivity index (χ3v) is 6.81. The molecule has 1 aromatic carbocycles. The molecular weight excluding hydrogens is 314 g/mol. The summed E-state index contributed by atoms with van der Waals surface area (Å²) in [5, 5.41) is -0.349. The summed E-state index contributed by atoms with van der Waals surface area (Å²) >= 11 is 6.17. The van der Waals surface area contributed by atoms with Gasteiger partial charge >= 0.3 is 0 Å². The second kappa shape index (κ2) is 5.21. The van der Waals surface area contributed by atoms with Crippen LogP contribution in [0.5, 0.6) is 0 Å². The summed E-state index contributed by atoms with van der Waals surface area (Å²) in [5.74, 6) is 0. The molecule has 1 saturated heterocycles. The standard InChI is InChI=1S/C14H14ClNO4S/c15-12-6-10(14(16-9-17)4-1-5-14)2-3-13(12)21(18,19)11-7-20-8-11/h2-3,6,11H,1,4-5,7-8H2. The second-order valence-corrected chi connectivity index (χ2v) is 8.04. The van der Waals surface area contributed by atoms with E-state index in [1.54, 1.807) is 18.2 Å². The van der Waals surface area contributed by atoms with Gasteiger partial charge in [-0.1, -0.05) is 17.7 Å². The van der Waals surface area contributed by atoms with Crippen LogP contribution in [0.3, 0.4) is 0 Å². The van der Waals surface area contributed by atoms with Crippen molar-refractivity contribution in [3.63, 3.8) is 0 Å². The predicted molar refractivity (Wildman–Crippen MR) is 76.9 cm³/mol. The highest BCUT2D eigenvalue weighted by molar-refractivity contribution is 7.92. The molecule has 5 nitrogen and oxygen atoms in total. The third kappa shape index (κ3) is 2.32. The van der Waals surface area contributed by atoms with E-state index in [2.05, 4.69) is 4.99 Å². The van der Waals surface area contributed by atoms with E-state index in [0.717, 1.165) is 24.8 Å². The Bertz CT molecular complexity index is 716. The summed E-state index contributed by atoms with van der Waals surface area (Å²) < 4.78 is 29.6. The van der Waals surface area contributed by atoms with Crippen molar-refractivity contribution in [1.29, 1.82) is 0 Å². The molecule has 0 aromatic heterocycles. The molecule has 0 N–H and O–H groups in total. The van der Waals surface area contributed by atoms with Crippen LogP contribution >= 0.6 is 11.6 Å². The lowest BCUT2D eigenvalue weighted by atomic mass is 9.72. The van der Waals surface area contributed by atoms with Gasteiger partial charge in [-0.2, -0.15) is 4.99 Å². The van der Waals surface area contributed by atoms with Gasteiger partial charge in [0.2, 0.25) is 6.08 Å². The maximum Gasteiger partial charge on any atom is 0.235 e. The number of rotatable bonds is 4. The molecule has 21 heavy (non-hydrogen) atoms. The average Bonchev–Trinajstić information content (AvgIpc) is 2.30. The Morgan fingerprint density at radius 2 is 2.05 bits per heavy atom. The maximum atomic E-state index is 12.4. The summed E-state index contributed by atoms with van der Waals surface area (Å²) in [5.41, 5.74) is 0.193. The van der Waals surface area contributed by atoms with E-state index >= 15 is 0 Å². The van der Waals surface area contributed by atoms with Gasteiger partial charge in [-0.3, -0.25) is 0 Å². The van der Waals surface area contributed by atoms with Crippen molar-refractivity contribution < 1.29 is 17.9 Å². The normalized spacial score (nSPS) is 21.0. The number of carbonyl (C=O) groups excluding carboxylic acids is 1. The zero-order valence-electron chi connectivity index (χ0n) is 11.2. The number of ether oxygens (including phenoxy) is 1. The highest BCUT2D eigenvalue weighted by Crippen LogP contribution is 2.46. The van der Waals surface area contributed by atoms with E-state index < -0.39 is 20.6 Å². The van der Waals surface area contributed by atoms with Crippen LogP contribution in [0.15, 0.2) is 28.1 Å². The van der Waals surface area contributed by atoms with Crippen LogP contribution in [0.25, 0.3) is 0 Å². The molecule has 0 bridgehead atoms. The fourth-order valence-corrected chi connectivity index (χ4v) is 4.66. The molecule has 1 saturated carbocycles. The van der Waals surface area contributed by atoms with Crippen LogP contribution in [-0.2, 0) is 24.9 Å². The molecule has 112 valence electrons. The molecule has 7 heteroatoms. The van der Waals surface area contributed by atoms with E-state index in [0.29, 0.717) is 0 Å². The molecule has 2 aliphatic rings. The molecule has 3 rings (SSSR count). The smallest absolute Gasteiger partial charge is 0.235 e. The van der Waals surface area contributed by atoms with Crippen LogP contribution < -0.4 is 0 Å². The van der Waals surface area contributed by atoms with E-state index in [1.807, 2.05) is 0 Å². The van der Waals surface area contributed by atoms with Crippen LogP contribution in [0.2, 0.25) is 5.02 Å². The van der Waals surface area contributed by atoms with E-state index in [9.17, 15) is 13.2 Å². The number of isocyanates is 1. The summed E-state index contributed by atoms with van der Waals surface area (Å²) in [6.45, 7) is 0.416. The lowest BCUT2D eigenvalue weighted by molar-refractivity contribution is 0.0416. The van der Waals surface area contributed by atoms with E-state index in [-0.39, 0.29) is 23.1 Å². The van der Waals surface area contributed by atoms with Crippen LogP contribution in [0, 0.1) is 0 Å². The first-order valence-electron chi connectivity index (χ1n) is 6.70. The summed E-state index contributed by atoms with van der Waals surface area (Å²) in [4.78, 5) is 14.6. The van der Waals surface area contributed by atoms with Gasteiger partial charge in [-0.25, -0.2) is 13.2 Å². The van der Waals surface area contributed by atoms with Gasteiger partial charge in [0.25, 0.3) is 0 Å². The Kier molecular flexibility index (Phi) is 3.66. The van der Waals surface area contributed by atoms with Crippen LogP contribution in [0.1, 0.15) is 24.8 Å². The molecule has 0 radical (unpaired) electrons. The number of sulfone groups is 1. The zero-order valence-corrected chi connectivity index (χ0v) is 12.8. The minimum absolute atomic E-state index is 0.116. The quantitative estimate of drug-likeness (QED) is 0.628. The zero-order chi connectivity index (χ0) is 15.1. The molecule has 2 fully saturated rings. The SMILES string of the molecule is O=C=NC1(c2ccc(S(=O)(=O)C3COC3)c(Cl)c2)CCC1. The second-order valence-electron chi connectivity index (χ2n) is 5.44. The van der Waals surface area contributed by atoms with Gasteiger partial charge in [0.1, 0.15) is 5.25 Å². The van der Waals surface area contributed by atoms with Gasteiger partial charge in [-0.05, 0) is 37.0 Å². The van der Waals surface area contributed by atoms with Gasteiger partial charge < -0.3 is 4.74 Å². The lowest BCUT2D eigenvalue weighted by Gasteiger charge is -2.37. The highest BCUT2D eigenvalue weighted by atomic mass is 35.5. The van der Waals surface area contributed by atoms with Gasteiger partial charge in [0, 0.05) is 0 Å². The summed E-state index contributed by atoms with van der Waals surface area (Å²) in [6.07, 6.45) is 4.08. The third-order valence-electron chi connectivity index (χ3n) is 4.26. The molecule has 1 aromatic rings. The van der Waals surface area contributed by atoms with Crippen LogP contribution in [-0.4, -0.2) is 33.0 Å². The van der Waals surface area contributed by atoms with Crippen molar-refractivity contribution in [2.24, 2.45) is 4.99 Å². The first-order chi connectivity index (χ1) is 9.99. The van der Waals surface area contributed by atoms with E-state index in [1.165, 1.54) is 6.07 Å². The van der Waals surface area contributed by atoms with Crippen molar-refractivity contribution in [3.8, 4) is 0 Å². The molecular formula is C14H14ClNO4S. The number of halogens is 1. The predicted octanol–water partition coefficient (Wildman–Crippen LogP) is 2.23. The molecule has 0 spiro atoms. The van der Waals surface area contributed by atoms with Crippen LogP contribution in [0.4, 0.5) is 0 Å². The maximum absolute atomic E-state index is 12.4. The highest BCUT2D eigenvalue weighted by Gasteiger charge is 2.40. The first kappa shape index (κ1) is 14.7. The monoisotopic (exact) mass is 327 g/mol. The van der Waals surface area contributed by atoms with Gasteiger partial charge in [0.15, 0.2) is 9.84 Å². The van der Waals surface area contributed by atoms with Crippen molar-refractivity contribution in [1.82, 2.24) is 0 Å². The Labute approximate surface area is 127 Å². The number of aliphatic imine (C=N–C) groups is 1. The molecule has 0 amide bonds. The van der Waals surface area contributed by atoms with Crippen molar-refractivity contribution in [2.45, 2.75) is 34.9 Å². The molecule has 1 aliphatic heterocycles. The minimum atomic E-state index is -3.46. The summed E-state index contributed by atoms with van der Waals surface area (Å²) in [7, 11) is -3.46. The van der Waals surface area contributed by atoms with Gasteiger partial charge in [0.05, 0.1) is 28.7 Å². The average molecular weight is 328 g/mol. The van der Waals surface area contributed by atoms with Gasteiger partial charge in [-0.15, -0.1) is 0 Å². The fourth-order valence-electron chi connectivity index (χ4n) is 2.66. The largest absolute Gasteiger partial charge is 0.379 e. The summed E-state index contributed by atoms with van der Waals surface area (Å²) in [6, 6.07) is 4.80. The first-order valence-corrected chi connectivity index (χ1v) is 8.63. The minimum Gasteiger partial charge on any atom is -0.379 e. The molecule has 1 heterocycles. The molecule has 0 unspecified atom stereocenters. The lowest BCUT2D eigenvalue weighted by Crippen LogP contribution is -2.40. The van der Waals surface area contributed by atoms with Crippen molar-refractivity contribution in [2.75, 3.05) is 13.2 Å². The Morgan fingerprint density at radius 3 is 2.48 bits per heavy atom. The van der Waals surface area contributed by atoms with Crippen molar-refractivity contribution in [3.05, 3.63) is 28.8 Å². The fraction of sp³-hybridized carbons (Fsp3) is 0.500. The number of nitrogens with zero attached hydrogens (tertiary/aromatic N) is 1. The number of hydrogen-bond donors (Lipinski definition) is 0. The Morgan fingerprint density at radius 1 is 1.33 bits per heavy atom.